The number of ether oxygens (including phenoxy) is 2. The maximum atomic E-state index is 12.7. The van der Waals surface area contributed by atoms with E-state index in [9.17, 15) is 48.3 Å². The van der Waals surface area contributed by atoms with Gasteiger partial charge in [-0.05, 0) is 82.1 Å². The molecule has 0 unspecified atom stereocenters. The van der Waals surface area contributed by atoms with Crippen LogP contribution in [0.1, 0.15) is 78.6 Å². The maximum Gasteiger partial charge on any atom is 0.407 e. The molecule has 408 valence electrons. The Kier molecular flexibility index (Phi) is 20.7. The molecule has 0 saturated heterocycles. The lowest BCUT2D eigenvalue weighted by Gasteiger charge is -2.19. The van der Waals surface area contributed by atoms with E-state index in [0.29, 0.717) is 22.8 Å². The third-order valence-corrected chi connectivity index (χ3v) is 10.2. The zero-order chi connectivity index (χ0) is 56.2. The molecule has 0 bridgehead atoms. The van der Waals surface area contributed by atoms with Gasteiger partial charge in [0.2, 0.25) is 17.8 Å². The molecule has 0 aliphatic rings. The molecule has 0 saturated carbocycles. The highest BCUT2D eigenvalue weighted by Crippen LogP contribution is 2.15. The van der Waals surface area contributed by atoms with Gasteiger partial charge in [-0.3, -0.25) is 38.7 Å². The normalized spacial score (nSPS) is 11.7. The number of H-pyrrole nitrogens is 2. The van der Waals surface area contributed by atoms with Crippen LogP contribution in [0.3, 0.4) is 0 Å². The number of hydrogen-bond acceptors (Lipinski definition) is 21. The molecule has 6 aromatic rings. The summed E-state index contributed by atoms with van der Waals surface area (Å²) in [5, 5.41) is 43.4. The Bertz CT molecular complexity index is 3200. The number of aromatic nitrogens is 8. The van der Waals surface area contributed by atoms with Gasteiger partial charge in [0.05, 0.1) is 50.1 Å². The standard InChI is InChI=1S/C28H37N9O8.C19H19N7O6/c1-28(2,3)45-27(43)31-11-13-44-12-10-30-20(38)9-8-19(25(41)42)35-23(39)16-4-6-17(7-5-16)32-14-18-15-33-22-21(34-18)24(40)37-26(29)36-22;20-19-25-15-14(17(30)26-19)23-11(8-22-15)7-21-10-3-1-9(2-4-10)16(29)24-12(18(31)32)5-6-13(27)28/h4-7,15,19,32H,8-14H2,1-3H3,(H,30,38)(H,31,43)(H,35,39)(H,41,42)(H3,29,33,36,37,40);1-4,8,12,21H,5-7H2,(H,24,29)(H,27,28)(H,31,32)(H3,20,22,25,26,30)/t19-;12-/m00/s1. The first kappa shape index (κ1) is 58.0. The first-order valence-corrected chi connectivity index (χ1v) is 23.3. The number of fused-ring (bicyclic) bond motifs is 2. The summed E-state index contributed by atoms with van der Waals surface area (Å²) in [5.41, 5.74) is 12.4. The fourth-order valence-corrected chi connectivity index (χ4v) is 6.51. The van der Waals surface area contributed by atoms with E-state index in [1.54, 1.807) is 45.0 Å². The molecule has 2 aromatic carbocycles. The van der Waals surface area contributed by atoms with Crippen LogP contribution in [0, 0.1) is 0 Å². The van der Waals surface area contributed by atoms with Crippen LogP contribution in [0.25, 0.3) is 22.3 Å². The molecule has 30 nitrogen and oxygen atoms in total. The summed E-state index contributed by atoms with van der Waals surface area (Å²) in [6.45, 7) is 6.55. The van der Waals surface area contributed by atoms with Gasteiger partial charge >= 0.3 is 24.0 Å². The van der Waals surface area contributed by atoms with Crippen LogP contribution in [0.5, 0.6) is 0 Å². The number of anilines is 4. The average molecular weight is 1070 g/mol. The van der Waals surface area contributed by atoms with Crippen molar-refractivity contribution in [3.63, 3.8) is 0 Å². The Morgan fingerprint density at radius 2 is 1.05 bits per heavy atom. The zero-order valence-electron chi connectivity index (χ0n) is 41.7. The van der Waals surface area contributed by atoms with E-state index < -0.39 is 70.5 Å². The topological polar surface area (TPSA) is 466 Å². The number of amides is 4. The lowest BCUT2D eigenvalue weighted by Crippen LogP contribution is -2.41. The lowest BCUT2D eigenvalue weighted by atomic mass is 10.1. The van der Waals surface area contributed by atoms with Crippen LogP contribution in [-0.4, -0.2) is 141 Å². The van der Waals surface area contributed by atoms with E-state index in [4.69, 9.17) is 31.2 Å². The SMILES string of the molecule is CC(C)(C)OC(=O)NCCOCCNC(=O)CC[C@H](NC(=O)c1ccc(NCc2cnc3nc(N)[nH]c(=O)c3n2)cc1)C(=O)O.Nc1nc2ncc(CNc3ccc(C(=O)N[C@@H](CCC(=O)O)C(=O)O)cc3)nc2c(=O)[nH]1. The van der Waals surface area contributed by atoms with Crippen LogP contribution < -0.4 is 54.5 Å². The molecule has 77 heavy (non-hydrogen) atoms. The van der Waals surface area contributed by atoms with Crippen molar-refractivity contribution >= 4 is 87.3 Å². The molecule has 6 rings (SSSR count). The van der Waals surface area contributed by atoms with Gasteiger partial charge in [0.25, 0.3) is 22.9 Å². The molecule has 0 fully saturated rings. The summed E-state index contributed by atoms with van der Waals surface area (Å²) in [4.78, 5) is 135. The largest absolute Gasteiger partial charge is 0.481 e. The number of aliphatic carboxylic acids is 3. The first-order chi connectivity index (χ1) is 36.5. The number of rotatable bonds is 24. The van der Waals surface area contributed by atoms with Gasteiger partial charge in [0, 0.05) is 48.4 Å². The van der Waals surface area contributed by atoms with E-state index in [2.05, 4.69) is 71.8 Å². The van der Waals surface area contributed by atoms with Crippen LogP contribution in [0.4, 0.5) is 28.1 Å². The number of carboxylic acids is 3. The molecule has 4 heterocycles. The highest BCUT2D eigenvalue weighted by Gasteiger charge is 2.23. The third kappa shape index (κ3) is 19.2. The number of benzene rings is 2. The predicted octanol–water partition coefficient (Wildman–Crippen LogP) is 0.483. The summed E-state index contributed by atoms with van der Waals surface area (Å²) in [6, 6.07) is 9.85. The second-order valence-corrected chi connectivity index (χ2v) is 17.4. The monoisotopic (exact) mass is 1070 g/mol. The van der Waals surface area contributed by atoms with Gasteiger partial charge in [-0.15, -0.1) is 0 Å². The quantitative estimate of drug-likeness (QED) is 0.0367. The van der Waals surface area contributed by atoms with Crippen LogP contribution in [0.2, 0.25) is 0 Å². The Hall–Kier alpha value is -9.87. The molecule has 0 spiro atoms. The van der Waals surface area contributed by atoms with Crippen molar-refractivity contribution in [1.29, 1.82) is 0 Å². The minimum absolute atomic E-state index is 0.0524. The molecule has 2 atom stereocenters. The Morgan fingerprint density at radius 3 is 1.47 bits per heavy atom. The molecule has 4 amide bonds. The van der Waals surface area contributed by atoms with Crippen LogP contribution in [0.15, 0.2) is 70.5 Å². The molecule has 0 aliphatic carbocycles. The van der Waals surface area contributed by atoms with E-state index >= 15 is 0 Å². The van der Waals surface area contributed by atoms with E-state index in [-0.39, 0.29) is 110 Å². The van der Waals surface area contributed by atoms with Crippen molar-refractivity contribution in [2.24, 2.45) is 0 Å². The van der Waals surface area contributed by atoms with Crippen molar-refractivity contribution in [2.45, 2.75) is 77.2 Å². The van der Waals surface area contributed by atoms with E-state index in [1.165, 1.54) is 36.7 Å². The minimum atomic E-state index is -1.31. The van der Waals surface area contributed by atoms with Crippen molar-refractivity contribution in [1.82, 2.24) is 61.1 Å². The van der Waals surface area contributed by atoms with Crippen LogP contribution >= 0.6 is 0 Å². The van der Waals surface area contributed by atoms with Crippen molar-refractivity contribution in [3.8, 4) is 0 Å². The summed E-state index contributed by atoms with van der Waals surface area (Å²) in [5.74, 6) is -5.50. The summed E-state index contributed by atoms with van der Waals surface area (Å²) in [7, 11) is 0. The predicted molar refractivity (Wildman–Crippen MR) is 274 cm³/mol. The van der Waals surface area contributed by atoms with Crippen LogP contribution in [-0.2, 0) is 41.7 Å². The Labute approximate surface area is 435 Å². The van der Waals surface area contributed by atoms with Gasteiger partial charge in [-0.25, -0.2) is 34.3 Å². The zero-order valence-corrected chi connectivity index (χ0v) is 41.7. The number of aromatic amines is 2. The molecule has 15 N–H and O–H groups in total. The number of alkyl carbamates (subject to hydrolysis) is 1. The summed E-state index contributed by atoms with van der Waals surface area (Å²) in [6.07, 6.45) is 1.49. The minimum Gasteiger partial charge on any atom is -0.481 e. The Balaban J connectivity index is 0.000000300. The van der Waals surface area contributed by atoms with Crippen molar-refractivity contribution < 1.29 is 58.4 Å². The van der Waals surface area contributed by atoms with Gasteiger partial charge in [0.15, 0.2) is 22.3 Å². The van der Waals surface area contributed by atoms with Gasteiger partial charge in [-0.2, -0.15) is 9.97 Å². The maximum absolute atomic E-state index is 12.7. The number of nitrogens with zero attached hydrogens (tertiary/aromatic N) is 6. The lowest BCUT2D eigenvalue weighted by molar-refractivity contribution is -0.141. The first-order valence-electron chi connectivity index (χ1n) is 23.3. The molecular weight excluding hydrogens is 1010 g/mol. The third-order valence-electron chi connectivity index (χ3n) is 10.2. The summed E-state index contributed by atoms with van der Waals surface area (Å²) < 4.78 is 10.4. The molecular formula is C47H56N16O14. The van der Waals surface area contributed by atoms with Crippen molar-refractivity contribution in [2.75, 3.05) is 48.4 Å². The average Bonchev–Trinajstić information content (AvgIpc) is 3.37. The van der Waals surface area contributed by atoms with Gasteiger partial charge in [0.1, 0.15) is 17.7 Å². The number of carbonyl (C=O) groups is 7. The van der Waals surface area contributed by atoms with E-state index in [0.717, 1.165) is 0 Å². The van der Waals surface area contributed by atoms with Gasteiger partial charge < -0.3 is 68.2 Å². The number of nitrogen functional groups attached to an aromatic ring is 2. The molecule has 30 heteroatoms. The van der Waals surface area contributed by atoms with Crippen molar-refractivity contribution in [3.05, 3.63) is 104 Å². The smallest absolute Gasteiger partial charge is 0.407 e. The molecule has 0 radical (unpaired) electrons. The Morgan fingerprint density at radius 1 is 0.623 bits per heavy atom. The number of nitrogens with one attached hydrogen (secondary N) is 8. The summed E-state index contributed by atoms with van der Waals surface area (Å²) >= 11 is 0. The highest BCUT2D eigenvalue weighted by molar-refractivity contribution is 5.97. The molecule has 0 aliphatic heterocycles. The highest BCUT2D eigenvalue weighted by atomic mass is 16.6. The second-order valence-electron chi connectivity index (χ2n) is 17.4. The number of hydrogen-bond donors (Lipinski definition) is 13. The fraction of sp³-hybridized carbons (Fsp3) is 0.340. The number of nitrogens with two attached hydrogens (primary N) is 2. The van der Waals surface area contributed by atoms with E-state index in [1.807, 2.05) is 0 Å². The van der Waals surface area contributed by atoms with Gasteiger partial charge in [-0.1, -0.05) is 0 Å². The number of carbonyl (C=O) groups excluding carboxylic acids is 4. The second kappa shape index (κ2) is 27.4. The molecule has 4 aromatic heterocycles. The number of carboxylic acid groups (broad SMARTS) is 3. The fourth-order valence-electron chi connectivity index (χ4n) is 6.51.